The number of hydrogen-bond acceptors (Lipinski definition) is 3. The van der Waals surface area contributed by atoms with Gasteiger partial charge in [0, 0.05) is 32.7 Å². The number of carbonyl (C=O) groups is 1. The van der Waals surface area contributed by atoms with Gasteiger partial charge in [-0.25, -0.2) is 5.43 Å². The van der Waals surface area contributed by atoms with Crippen LogP contribution in [0, 0.1) is 0 Å². The van der Waals surface area contributed by atoms with E-state index in [-0.39, 0.29) is 5.91 Å². The maximum absolute atomic E-state index is 12.2. The van der Waals surface area contributed by atoms with Crippen molar-refractivity contribution in [2.45, 2.75) is 0 Å². The summed E-state index contributed by atoms with van der Waals surface area (Å²) >= 11 is 3.40. The minimum absolute atomic E-state index is 0.346. The van der Waals surface area contributed by atoms with E-state index in [9.17, 15) is 4.79 Å². The Balaban J connectivity index is 1.46. The normalized spacial score (nSPS) is 11.3. The first-order chi connectivity index (χ1) is 12.7. The lowest BCUT2D eigenvalue weighted by molar-refractivity contribution is 0.0950. The highest BCUT2D eigenvalue weighted by Crippen LogP contribution is 2.20. The van der Waals surface area contributed by atoms with Crippen LogP contribution in [0.25, 0.3) is 22.2 Å². The molecule has 4 rings (SSSR count). The summed E-state index contributed by atoms with van der Waals surface area (Å²) < 4.78 is 0.987. The van der Waals surface area contributed by atoms with Crippen molar-refractivity contribution in [1.82, 2.24) is 20.6 Å². The molecule has 3 N–H and O–H groups in total. The Labute approximate surface area is 157 Å². The molecule has 1 amide bonds. The van der Waals surface area contributed by atoms with Crippen LogP contribution in [0.5, 0.6) is 0 Å². The first kappa shape index (κ1) is 16.3. The van der Waals surface area contributed by atoms with Gasteiger partial charge >= 0.3 is 0 Å². The van der Waals surface area contributed by atoms with Gasteiger partial charge in [0.1, 0.15) is 5.69 Å². The number of benzene rings is 2. The molecule has 0 radical (unpaired) electrons. The third kappa shape index (κ3) is 3.29. The van der Waals surface area contributed by atoms with Crippen LogP contribution in [-0.4, -0.2) is 27.3 Å². The van der Waals surface area contributed by atoms with Crippen molar-refractivity contribution in [2.24, 2.45) is 5.10 Å². The number of aromatic amines is 2. The third-order valence-electron chi connectivity index (χ3n) is 3.95. The van der Waals surface area contributed by atoms with Crippen molar-refractivity contribution in [3.05, 3.63) is 76.5 Å². The molecule has 0 aliphatic carbocycles. The van der Waals surface area contributed by atoms with Crippen LogP contribution in [-0.2, 0) is 0 Å². The van der Waals surface area contributed by atoms with Gasteiger partial charge in [0.2, 0.25) is 0 Å². The molecule has 0 fully saturated rings. The number of carbonyl (C=O) groups excluding carboxylic acids is 1. The van der Waals surface area contributed by atoms with E-state index in [0.29, 0.717) is 11.4 Å². The predicted octanol–water partition coefficient (Wildman–Crippen LogP) is 4.08. The zero-order valence-electron chi connectivity index (χ0n) is 13.5. The zero-order chi connectivity index (χ0) is 17.9. The minimum atomic E-state index is -0.350. The molecule has 0 aliphatic heterocycles. The summed E-state index contributed by atoms with van der Waals surface area (Å²) in [5.74, 6) is -0.350. The number of amides is 1. The maximum Gasteiger partial charge on any atom is 0.289 e. The lowest BCUT2D eigenvalue weighted by Crippen LogP contribution is -2.17. The molecule has 4 aromatic rings. The molecule has 0 spiro atoms. The smallest absolute Gasteiger partial charge is 0.289 e. The summed E-state index contributed by atoms with van der Waals surface area (Å²) in [6.45, 7) is 0. The van der Waals surface area contributed by atoms with Gasteiger partial charge in [-0.15, -0.1) is 0 Å². The highest BCUT2D eigenvalue weighted by atomic mass is 79.9. The first-order valence-electron chi connectivity index (χ1n) is 7.91. The number of nitrogens with zero attached hydrogens (tertiary/aromatic N) is 2. The van der Waals surface area contributed by atoms with E-state index >= 15 is 0 Å². The Hall–Kier alpha value is -3.19. The second-order valence-corrected chi connectivity index (χ2v) is 6.58. The van der Waals surface area contributed by atoms with Crippen LogP contribution in [0.4, 0.5) is 0 Å². The van der Waals surface area contributed by atoms with E-state index in [0.717, 1.165) is 26.5 Å². The summed E-state index contributed by atoms with van der Waals surface area (Å²) in [5.41, 5.74) is 6.40. The fourth-order valence-electron chi connectivity index (χ4n) is 2.63. The van der Waals surface area contributed by atoms with E-state index in [2.05, 4.69) is 41.6 Å². The molecule has 7 heteroatoms. The number of fused-ring (bicyclic) bond motifs is 1. The quantitative estimate of drug-likeness (QED) is 0.351. The highest BCUT2D eigenvalue weighted by molar-refractivity contribution is 9.10. The largest absolute Gasteiger partial charge is 0.361 e. The van der Waals surface area contributed by atoms with Crippen LogP contribution >= 0.6 is 15.9 Å². The van der Waals surface area contributed by atoms with Crippen LogP contribution in [0.2, 0.25) is 0 Å². The van der Waals surface area contributed by atoms with Crippen LogP contribution in [0.15, 0.2) is 70.4 Å². The standard InChI is InChI=1S/C19H14BrN5O/c20-14-7-5-12(6-8-14)17-9-18(24-23-17)19(26)25-22-11-13-10-21-16-4-2-1-3-15(13)16/h1-11,21H,(H,23,24)(H,25,26)/b22-11+. The number of rotatable bonds is 4. The Morgan fingerprint density at radius 2 is 1.96 bits per heavy atom. The molecule has 6 nitrogen and oxygen atoms in total. The average Bonchev–Trinajstić information content (AvgIpc) is 3.30. The van der Waals surface area contributed by atoms with E-state index in [4.69, 9.17) is 0 Å². The predicted molar refractivity (Wildman–Crippen MR) is 105 cm³/mol. The zero-order valence-corrected chi connectivity index (χ0v) is 15.1. The molecule has 0 saturated carbocycles. The Morgan fingerprint density at radius 1 is 1.15 bits per heavy atom. The summed E-state index contributed by atoms with van der Waals surface area (Å²) in [6, 6.07) is 17.3. The van der Waals surface area contributed by atoms with Crippen molar-refractivity contribution < 1.29 is 4.79 Å². The number of hydrazone groups is 1. The van der Waals surface area contributed by atoms with Gasteiger partial charge < -0.3 is 4.98 Å². The molecule has 26 heavy (non-hydrogen) atoms. The second kappa shape index (κ2) is 6.97. The maximum atomic E-state index is 12.2. The van der Waals surface area contributed by atoms with Gasteiger partial charge in [-0.3, -0.25) is 9.89 Å². The van der Waals surface area contributed by atoms with Crippen LogP contribution < -0.4 is 5.43 Å². The van der Waals surface area contributed by atoms with Crippen molar-refractivity contribution in [3.63, 3.8) is 0 Å². The lowest BCUT2D eigenvalue weighted by atomic mass is 10.1. The molecule has 0 saturated heterocycles. The molecule has 0 atom stereocenters. The number of hydrogen-bond donors (Lipinski definition) is 3. The Bertz CT molecular complexity index is 1090. The molecule has 2 aromatic carbocycles. The van der Waals surface area contributed by atoms with E-state index in [1.807, 2.05) is 54.7 Å². The van der Waals surface area contributed by atoms with Crippen LogP contribution in [0.1, 0.15) is 16.1 Å². The number of H-pyrrole nitrogens is 2. The van der Waals surface area contributed by atoms with Crippen molar-refractivity contribution in [1.29, 1.82) is 0 Å². The topological polar surface area (TPSA) is 85.9 Å². The summed E-state index contributed by atoms with van der Waals surface area (Å²) in [5, 5.41) is 12.0. The third-order valence-corrected chi connectivity index (χ3v) is 4.48. The summed E-state index contributed by atoms with van der Waals surface area (Å²) in [6.07, 6.45) is 3.46. The van der Waals surface area contributed by atoms with Gasteiger partial charge in [-0.05, 0) is 24.3 Å². The average molecular weight is 408 g/mol. The molecule has 0 unspecified atom stereocenters. The molecule has 0 aliphatic rings. The van der Waals surface area contributed by atoms with E-state index in [1.54, 1.807) is 12.3 Å². The van der Waals surface area contributed by atoms with Gasteiger partial charge in [0.25, 0.3) is 5.91 Å². The number of nitrogens with one attached hydrogen (secondary N) is 3. The Morgan fingerprint density at radius 3 is 2.81 bits per heavy atom. The molecule has 0 bridgehead atoms. The fourth-order valence-corrected chi connectivity index (χ4v) is 2.89. The van der Waals surface area contributed by atoms with Crippen LogP contribution in [0.3, 0.4) is 0 Å². The Kier molecular flexibility index (Phi) is 4.37. The molecule has 128 valence electrons. The minimum Gasteiger partial charge on any atom is -0.361 e. The lowest BCUT2D eigenvalue weighted by Gasteiger charge is -1.96. The molecule has 2 heterocycles. The number of para-hydroxylation sites is 1. The van der Waals surface area contributed by atoms with Gasteiger partial charge in [0.05, 0.1) is 11.9 Å². The van der Waals surface area contributed by atoms with E-state index in [1.165, 1.54) is 0 Å². The van der Waals surface area contributed by atoms with Crippen molar-refractivity contribution in [2.75, 3.05) is 0 Å². The number of halogens is 1. The highest BCUT2D eigenvalue weighted by Gasteiger charge is 2.10. The molecular weight excluding hydrogens is 394 g/mol. The van der Waals surface area contributed by atoms with Gasteiger partial charge in [0.15, 0.2) is 0 Å². The van der Waals surface area contributed by atoms with Crippen molar-refractivity contribution >= 4 is 39.0 Å². The summed E-state index contributed by atoms with van der Waals surface area (Å²) in [7, 11) is 0. The van der Waals surface area contributed by atoms with E-state index < -0.39 is 0 Å². The van der Waals surface area contributed by atoms with Gasteiger partial charge in [-0.1, -0.05) is 46.3 Å². The molecule has 2 aromatic heterocycles. The molecular formula is C19H14BrN5O. The summed E-state index contributed by atoms with van der Waals surface area (Å²) in [4.78, 5) is 15.4. The SMILES string of the molecule is O=C(N/N=C/c1c[nH]c2ccccc12)c1cc(-c2ccc(Br)cc2)n[nH]1. The number of aromatic nitrogens is 3. The monoisotopic (exact) mass is 407 g/mol. The fraction of sp³-hybridized carbons (Fsp3) is 0. The van der Waals surface area contributed by atoms with Gasteiger partial charge in [-0.2, -0.15) is 10.2 Å². The van der Waals surface area contributed by atoms with Crippen molar-refractivity contribution in [3.8, 4) is 11.3 Å². The first-order valence-corrected chi connectivity index (χ1v) is 8.71. The second-order valence-electron chi connectivity index (χ2n) is 5.66.